The number of hydrogen-bond acceptors (Lipinski definition) is 3. The van der Waals surface area contributed by atoms with E-state index in [0.717, 1.165) is 12.8 Å². The lowest BCUT2D eigenvalue weighted by Crippen LogP contribution is -2.03. The van der Waals surface area contributed by atoms with Gasteiger partial charge in [0.2, 0.25) is 0 Å². The summed E-state index contributed by atoms with van der Waals surface area (Å²) in [4.78, 5) is 11.2. The Bertz CT molecular complexity index is 294. The molecule has 0 N–H and O–H groups in total. The second-order valence-corrected chi connectivity index (χ2v) is 9.05. The maximum atomic E-state index is 11.2. The topological polar surface area (TPSA) is 26.3 Å². The molecule has 0 spiro atoms. The van der Waals surface area contributed by atoms with Crippen LogP contribution in [-0.4, -0.2) is 24.1 Å². The monoisotopic (exact) mass is 400 g/mol. The summed E-state index contributed by atoms with van der Waals surface area (Å²) in [5, 5.41) is 0. The summed E-state index contributed by atoms with van der Waals surface area (Å²) in [6.07, 6.45) is 24.1. The van der Waals surface area contributed by atoms with Crippen molar-refractivity contribution in [1.82, 2.24) is 0 Å². The zero-order chi connectivity index (χ0) is 19.8. The Morgan fingerprint density at radius 3 is 1.44 bits per heavy atom. The third kappa shape index (κ3) is 23.8. The zero-order valence-electron chi connectivity index (χ0n) is 18.6. The lowest BCUT2D eigenvalue weighted by atomic mass is 10.0. The predicted octanol–water partition coefficient (Wildman–Crippen LogP) is 8.32. The van der Waals surface area contributed by atoms with Crippen LogP contribution < -0.4 is 0 Å². The molecule has 0 rings (SSSR count). The van der Waals surface area contributed by atoms with E-state index in [9.17, 15) is 4.79 Å². The first kappa shape index (κ1) is 26.8. The van der Waals surface area contributed by atoms with Crippen molar-refractivity contribution in [3.05, 3.63) is 0 Å². The van der Waals surface area contributed by atoms with Crippen molar-refractivity contribution in [2.75, 3.05) is 18.1 Å². The number of carbonyl (C=O) groups excluding carboxylic acids is 1. The van der Waals surface area contributed by atoms with Crippen molar-refractivity contribution in [3.63, 3.8) is 0 Å². The van der Waals surface area contributed by atoms with Gasteiger partial charge in [0.15, 0.2) is 0 Å². The predicted molar refractivity (Wildman–Crippen MR) is 123 cm³/mol. The molecule has 0 aliphatic heterocycles. The molecule has 0 saturated carbocycles. The van der Waals surface area contributed by atoms with Gasteiger partial charge in [0.25, 0.3) is 0 Å². The molecule has 27 heavy (non-hydrogen) atoms. The highest BCUT2D eigenvalue weighted by Crippen LogP contribution is 2.15. The Morgan fingerprint density at radius 1 is 0.593 bits per heavy atom. The number of rotatable bonds is 22. The Balaban J connectivity index is 3.02. The molecule has 0 atom stereocenters. The van der Waals surface area contributed by atoms with Crippen molar-refractivity contribution in [2.45, 2.75) is 129 Å². The zero-order valence-corrected chi connectivity index (χ0v) is 19.4. The van der Waals surface area contributed by atoms with Gasteiger partial charge in [-0.1, -0.05) is 96.8 Å². The first-order valence-electron chi connectivity index (χ1n) is 12.0. The van der Waals surface area contributed by atoms with Crippen LogP contribution in [0.1, 0.15) is 129 Å². The lowest BCUT2D eigenvalue weighted by molar-refractivity contribution is -0.143. The fourth-order valence-corrected chi connectivity index (χ4v) is 4.40. The van der Waals surface area contributed by atoms with Gasteiger partial charge in [0.05, 0.1) is 6.61 Å². The molecule has 2 nitrogen and oxygen atoms in total. The van der Waals surface area contributed by atoms with Crippen molar-refractivity contribution in [1.29, 1.82) is 0 Å². The molecule has 0 saturated heterocycles. The molecule has 0 aliphatic carbocycles. The molecular weight excluding hydrogens is 352 g/mol. The van der Waals surface area contributed by atoms with Gasteiger partial charge < -0.3 is 4.74 Å². The van der Waals surface area contributed by atoms with Gasteiger partial charge in [0.1, 0.15) is 0 Å². The van der Waals surface area contributed by atoms with Crippen molar-refractivity contribution in [2.24, 2.45) is 0 Å². The minimum atomic E-state index is -0.0347. The Labute approximate surface area is 175 Å². The van der Waals surface area contributed by atoms with Gasteiger partial charge in [-0.2, -0.15) is 11.8 Å². The fraction of sp³-hybridized carbons (Fsp3) is 0.958. The molecule has 0 heterocycles. The minimum absolute atomic E-state index is 0.0347. The van der Waals surface area contributed by atoms with Crippen LogP contribution in [-0.2, 0) is 9.53 Å². The maximum Gasteiger partial charge on any atom is 0.305 e. The molecule has 0 aromatic rings. The summed E-state index contributed by atoms with van der Waals surface area (Å²) in [7, 11) is 0. The number of esters is 1. The average Bonchev–Trinajstić information content (AvgIpc) is 2.66. The lowest BCUT2D eigenvalue weighted by Gasteiger charge is -2.04. The Morgan fingerprint density at radius 2 is 1.00 bits per heavy atom. The van der Waals surface area contributed by atoms with Crippen LogP contribution in [0.4, 0.5) is 0 Å². The number of thioether (sulfide) groups is 1. The highest BCUT2D eigenvalue weighted by atomic mass is 32.2. The molecule has 0 fully saturated rings. The molecular formula is C24H48O2S. The Hall–Kier alpha value is -0.180. The van der Waals surface area contributed by atoms with Gasteiger partial charge in [-0.3, -0.25) is 4.79 Å². The summed E-state index contributed by atoms with van der Waals surface area (Å²) in [5.74, 6) is 2.53. The molecule has 0 unspecified atom stereocenters. The van der Waals surface area contributed by atoms with Crippen LogP contribution in [0.15, 0.2) is 0 Å². The molecule has 0 radical (unpaired) electrons. The largest absolute Gasteiger partial charge is 0.466 e. The number of carbonyl (C=O) groups is 1. The van der Waals surface area contributed by atoms with E-state index < -0.39 is 0 Å². The second kappa shape index (κ2) is 23.9. The van der Waals surface area contributed by atoms with E-state index in [0.29, 0.717) is 13.0 Å². The SMILES string of the molecule is CCCCCCCCCCCCCCCCSCCCCCC(=O)OCC. The molecule has 0 aromatic carbocycles. The van der Waals surface area contributed by atoms with E-state index in [2.05, 4.69) is 18.7 Å². The summed E-state index contributed by atoms with van der Waals surface area (Å²) in [6, 6.07) is 0. The van der Waals surface area contributed by atoms with Gasteiger partial charge in [0, 0.05) is 6.42 Å². The smallest absolute Gasteiger partial charge is 0.305 e. The highest BCUT2D eigenvalue weighted by Gasteiger charge is 2.00. The van der Waals surface area contributed by atoms with Gasteiger partial charge in [-0.25, -0.2) is 0 Å². The van der Waals surface area contributed by atoms with Crippen LogP contribution >= 0.6 is 11.8 Å². The first-order chi connectivity index (χ1) is 13.3. The third-order valence-corrected chi connectivity index (χ3v) is 6.27. The number of ether oxygens (including phenoxy) is 1. The third-order valence-electron chi connectivity index (χ3n) is 5.12. The quantitative estimate of drug-likeness (QED) is 0.135. The first-order valence-corrected chi connectivity index (χ1v) is 13.2. The summed E-state index contributed by atoms with van der Waals surface area (Å²) in [6.45, 7) is 4.66. The van der Waals surface area contributed by atoms with E-state index in [4.69, 9.17) is 4.74 Å². The fourth-order valence-electron chi connectivity index (χ4n) is 3.38. The normalized spacial score (nSPS) is 11.0. The molecule has 0 amide bonds. The number of unbranched alkanes of at least 4 members (excludes halogenated alkanes) is 15. The van der Waals surface area contributed by atoms with Crippen LogP contribution in [0.25, 0.3) is 0 Å². The standard InChI is InChI=1S/C24H48O2S/c1-3-5-6-7-8-9-10-11-12-13-14-15-16-19-22-27-23-20-17-18-21-24(25)26-4-2/h3-23H2,1-2H3. The van der Waals surface area contributed by atoms with E-state index in [1.807, 2.05) is 6.92 Å². The van der Waals surface area contributed by atoms with E-state index in [1.165, 1.54) is 108 Å². The average molecular weight is 401 g/mol. The summed E-state index contributed by atoms with van der Waals surface area (Å²) in [5.41, 5.74) is 0. The van der Waals surface area contributed by atoms with Crippen molar-refractivity contribution < 1.29 is 9.53 Å². The number of hydrogen-bond donors (Lipinski definition) is 0. The van der Waals surface area contributed by atoms with Crippen molar-refractivity contribution in [3.8, 4) is 0 Å². The van der Waals surface area contributed by atoms with Crippen LogP contribution in [0, 0.1) is 0 Å². The Kier molecular flexibility index (Phi) is 23.7. The van der Waals surface area contributed by atoms with E-state index in [1.54, 1.807) is 0 Å². The molecule has 162 valence electrons. The van der Waals surface area contributed by atoms with Crippen LogP contribution in [0.3, 0.4) is 0 Å². The molecule has 0 aromatic heterocycles. The van der Waals surface area contributed by atoms with Gasteiger partial charge in [-0.15, -0.1) is 0 Å². The highest BCUT2D eigenvalue weighted by molar-refractivity contribution is 7.99. The molecule has 3 heteroatoms. The van der Waals surface area contributed by atoms with Crippen LogP contribution in [0.2, 0.25) is 0 Å². The van der Waals surface area contributed by atoms with Gasteiger partial charge >= 0.3 is 5.97 Å². The molecule has 0 bridgehead atoms. The summed E-state index contributed by atoms with van der Waals surface area (Å²) >= 11 is 2.09. The van der Waals surface area contributed by atoms with Gasteiger partial charge in [-0.05, 0) is 37.7 Å². The summed E-state index contributed by atoms with van der Waals surface area (Å²) < 4.78 is 4.94. The maximum absolute atomic E-state index is 11.2. The second-order valence-electron chi connectivity index (χ2n) is 7.82. The van der Waals surface area contributed by atoms with E-state index >= 15 is 0 Å². The molecule has 0 aliphatic rings. The minimum Gasteiger partial charge on any atom is -0.466 e. The van der Waals surface area contributed by atoms with Crippen molar-refractivity contribution >= 4 is 17.7 Å². The van der Waals surface area contributed by atoms with Crippen LogP contribution in [0.5, 0.6) is 0 Å². The van der Waals surface area contributed by atoms with E-state index in [-0.39, 0.29) is 5.97 Å².